The lowest BCUT2D eigenvalue weighted by atomic mass is 9.91. The number of nitrogens with one attached hydrogen (secondary N) is 1. The summed E-state index contributed by atoms with van der Waals surface area (Å²) < 4.78 is 36.9. The average Bonchev–Trinajstić information content (AvgIpc) is 3.34. The molecule has 1 aliphatic carbocycles. The van der Waals surface area contributed by atoms with Crippen LogP contribution in [0.15, 0.2) is 36.4 Å². The molecule has 5 rings (SSSR count). The molecule has 0 radical (unpaired) electrons. The van der Waals surface area contributed by atoms with E-state index in [-0.39, 0.29) is 49.0 Å². The number of Topliss-reactive ketones (excluding diaryl/α,β-unsaturated/α-hetero) is 1. The fraction of sp³-hybridized carbons (Fsp3) is 0.636. The van der Waals surface area contributed by atoms with Crippen LogP contribution in [0.1, 0.15) is 84.6 Å². The number of nitrogens with zero attached hydrogens (tertiary/aromatic N) is 4. The lowest BCUT2D eigenvalue weighted by Crippen LogP contribution is -2.47. The van der Waals surface area contributed by atoms with Crippen molar-refractivity contribution in [2.75, 3.05) is 20.6 Å². The second-order valence-electron chi connectivity index (χ2n) is 13.3. The summed E-state index contributed by atoms with van der Waals surface area (Å²) in [5, 5.41) is 0. The molecular weight excluding hydrogens is 594 g/mol. The van der Waals surface area contributed by atoms with Crippen LogP contribution in [0.3, 0.4) is 0 Å². The second-order valence-corrected chi connectivity index (χ2v) is 15.2. The smallest absolute Gasteiger partial charge is 0.303 e. The van der Waals surface area contributed by atoms with Gasteiger partial charge in [0.2, 0.25) is 11.8 Å². The van der Waals surface area contributed by atoms with Gasteiger partial charge in [0.1, 0.15) is 6.10 Å². The number of ketones is 1. The maximum atomic E-state index is 14.2. The highest BCUT2D eigenvalue weighted by atomic mass is 32.2. The number of imidazole rings is 1. The van der Waals surface area contributed by atoms with Crippen molar-refractivity contribution in [1.29, 1.82) is 0 Å². The highest BCUT2D eigenvalue weighted by Gasteiger charge is 2.61. The molecule has 1 aromatic heterocycles. The quantitative estimate of drug-likeness (QED) is 0.444. The number of amides is 2. The van der Waals surface area contributed by atoms with Crippen LogP contribution in [-0.2, 0) is 24.6 Å². The zero-order valence-corrected chi connectivity index (χ0v) is 27.9. The maximum Gasteiger partial charge on any atom is 0.303 e. The normalized spacial score (nSPS) is 29.4. The van der Waals surface area contributed by atoms with E-state index in [1.165, 1.54) is 14.1 Å². The van der Waals surface area contributed by atoms with Crippen LogP contribution in [0.2, 0.25) is 0 Å². The third-order valence-electron chi connectivity index (χ3n) is 9.86. The summed E-state index contributed by atoms with van der Waals surface area (Å²) in [6, 6.07) is 7.65. The summed E-state index contributed by atoms with van der Waals surface area (Å²) in [5.41, 5.74) is 0.597. The Labute approximate surface area is 266 Å². The molecule has 11 nitrogen and oxygen atoms in total. The van der Waals surface area contributed by atoms with E-state index in [9.17, 15) is 22.8 Å². The Morgan fingerprint density at radius 1 is 1.20 bits per heavy atom. The van der Waals surface area contributed by atoms with Crippen molar-refractivity contribution in [2.24, 2.45) is 17.3 Å². The van der Waals surface area contributed by atoms with Crippen LogP contribution in [0.25, 0.3) is 11.0 Å². The number of rotatable bonds is 7. The Balaban J connectivity index is 1.44. The van der Waals surface area contributed by atoms with Crippen LogP contribution < -0.4 is 9.46 Å². The SMILES string of the molecule is CCC(C)n1c(O[C@@H]2C[C@H]3C(=O)C[C@]4(C(=O)NS(=O)(=O)N(C)C)C[C@H]4/C=C\CCCCC[C@H](C)C(=O)N3C2)nc2ccccc21. The number of para-hydroxylation sites is 2. The molecule has 1 unspecified atom stereocenters. The first-order chi connectivity index (χ1) is 21.4. The Bertz CT molecular complexity index is 1570. The summed E-state index contributed by atoms with van der Waals surface area (Å²) in [6.45, 7) is 6.36. The molecular formula is C33H47N5O6S. The van der Waals surface area contributed by atoms with Crippen molar-refractivity contribution in [3.8, 4) is 6.01 Å². The van der Waals surface area contributed by atoms with Gasteiger partial charge in [0.25, 0.3) is 6.01 Å². The fourth-order valence-electron chi connectivity index (χ4n) is 6.72. The molecule has 3 aliphatic rings. The van der Waals surface area contributed by atoms with Crippen molar-refractivity contribution >= 4 is 38.8 Å². The van der Waals surface area contributed by atoms with Crippen molar-refractivity contribution in [3.63, 3.8) is 0 Å². The third kappa shape index (κ3) is 6.82. The zero-order chi connectivity index (χ0) is 32.5. The van der Waals surface area contributed by atoms with E-state index < -0.39 is 33.7 Å². The number of allylic oxidation sites excluding steroid dienone is 2. The molecule has 3 heterocycles. The van der Waals surface area contributed by atoms with Gasteiger partial charge in [-0.25, -0.2) is 4.72 Å². The average molecular weight is 642 g/mol. The molecule has 1 saturated heterocycles. The van der Waals surface area contributed by atoms with E-state index in [1.54, 1.807) is 4.90 Å². The standard InChI is InChI=1S/C33H47N5O6S/c1-6-23(3)38-27-17-13-12-16-26(27)34-32(38)44-25-18-28-29(39)20-33(31(41)35-45(42,43)36(4)5)19-24(33)15-11-9-7-8-10-14-22(2)30(40)37(28)21-25/h11-13,15-17,22-25,28H,6-10,14,18-21H2,1-5H3,(H,35,41)/b15-11-/t22-,23?,24+,25+,28-,33+/m0/s1. The number of carbonyl (C=O) groups excluding carboxylic acids is 3. The molecule has 0 bridgehead atoms. The van der Waals surface area contributed by atoms with E-state index >= 15 is 0 Å². The predicted molar refractivity (Wildman–Crippen MR) is 172 cm³/mol. The van der Waals surface area contributed by atoms with Crippen LogP contribution in [0.4, 0.5) is 0 Å². The molecule has 1 N–H and O–H groups in total. The Kier molecular flexibility index (Phi) is 9.74. The number of aromatic nitrogens is 2. The molecule has 2 aliphatic heterocycles. The van der Waals surface area contributed by atoms with E-state index in [4.69, 9.17) is 9.72 Å². The van der Waals surface area contributed by atoms with Crippen molar-refractivity contribution in [1.82, 2.24) is 23.5 Å². The van der Waals surface area contributed by atoms with Gasteiger partial charge in [-0.15, -0.1) is 0 Å². The summed E-state index contributed by atoms with van der Waals surface area (Å²) in [6.07, 6.45) is 9.28. The van der Waals surface area contributed by atoms with Gasteiger partial charge in [0.15, 0.2) is 5.78 Å². The summed E-state index contributed by atoms with van der Waals surface area (Å²) in [4.78, 5) is 48.0. The first-order valence-corrected chi connectivity index (χ1v) is 17.7. The lowest BCUT2D eigenvalue weighted by Gasteiger charge is -2.28. The third-order valence-corrected chi connectivity index (χ3v) is 11.3. The van der Waals surface area contributed by atoms with Crippen molar-refractivity contribution < 1.29 is 27.5 Å². The molecule has 2 aromatic rings. The van der Waals surface area contributed by atoms with Crippen LogP contribution >= 0.6 is 0 Å². The first kappa shape index (κ1) is 33.1. The van der Waals surface area contributed by atoms with Gasteiger partial charge >= 0.3 is 10.2 Å². The monoisotopic (exact) mass is 641 g/mol. The van der Waals surface area contributed by atoms with E-state index in [1.807, 2.05) is 43.3 Å². The van der Waals surface area contributed by atoms with Gasteiger partial charge in [0, 0.05) is 38.9 Å². The van der Waals surface area contributed by atoms with E-state index in [0.29, 0.717) is 12.4 Å². The molecule has 2 amide bonds. The minimum atomic E-state index is -4.04. The fourth-order valence-corrected chi connectivity index (χ4v) is 7.34. The Hall–Kier alpha value is -3.25. The summed E-state index contributed by atoms with van der Waals surface area (Å²) in [5.74, 6) is -1.54. The molecule has 0 spiro atoms. The summed E-state index contributed by atoms with van der Waals surface area (Å²) >= 11 is 0. The Morgan fingerprint density at radius 3 is 2.69 bits per heavy atom. The minimum absolute atomic E-state index is 0.0936. The Morgan fingerprint density at radius 2 is 1.96 bits per heavy atom. The highest BCUT2D eigenvalue weighted by molar-refractivity contribution is 7.87. The van der Waals surface area contributed by atoms with Crippen molar-refractivity contribution in [2.45, 2.75) is 96.7 Å². The largest absolute Gasteiger partial charge is 0.459 e. The molecule has 1 aromatic carbocycles. The number of hydrogen-bond acceptors (Lipinski definition) is 7. The maximum absolute atomic E-state index is 14.2. The second kappa shape index (κ2) is 13.2. The van der Waals surface area contributed by atoms with Gasteiger partial charge in [-0.1, -0.05) is 51.0 Å². The molecule has 6 atom stereocenters. The number of ether oxygens (including phenoxy) is 1. The van der Waals surface area contributed by atoms with Gasteiger partial charge in [-0.2, -0.15) is 17.7 Å². The van der Waals surface area contributed by atoms with Crippen LogP contribution in [0, 0.1) is 17.3 Å². The first-order valence-electron chi connectivity index (χ1n) is 16.3. The van der Waals surface area contributed by atoms with E-state index in [2.05, 4.69) is 23.1 Å². The van der Waals surface area contributed by atoms with Gasteiger partial charge in [-0.3, -0.25) is 19.0 Å². The van der Waals surface area contributed by atoms with Crippen LogP contribution in [-0.4, -0.2) is 77.6 Å². The number of hydrogen-bond donors (Lipinski definition) is 1. The van der Waals surface area contributed by atoms with Gasteiger partial charge < -0.3 is 9.64 Å². The zero-order valence-electron chi connectivity index (χ0n) is 27.1. The number of carbonyl (C=O) groups is 3. The molecule has 246 valence electrons. The van der Waals surface area contributed by atoms with E-state index in [0.717, 1.165) is 53.9 Å². The molecule has 2 fully saturated rings. The molecule has 1 saturated carbocycles. The summed E-state index contributed by atoms with van der Waals surface area (Å²) in [7, 11) is -1.35. The van der Waals surface area contributed by atoms with Gasteiger partial charge in [0.05, 0.1) is 29.0 Å². The minimum Gasteiger partial charge on any atom is -0.459 e. The van der Waals surface area contributed by atoms with Gasteiger partial charge in [-0.05, 0) is 57.1 Å². The number of benzene rings is 1. The topological polar surface area (TPSA) is 131 Å². The predicted octanol–water partition coefficient (Wildman–Crippen LogP) is 4.40. The molecule has 45 heavy (non-hydrogen) atoms. The van der Waals surface area contributed by atoms with Crippen molar-refractivity contribution in [3.05, 3.63) is 36.4 Å². The van der Waals surface area contributed by atoms with Crippen LogP contribution in [0.5, 0.6) is 6.01 Å². The highest BCUT2D eigenvalue weighted by Crippen LogP contribution is 2.57. The number of fused-ring (bicyclic) bond motifs is 3. The molecule has 12 heteroatoms. The lowest BCUT2D eigenvalue weighted by molar-refractivity contribution is -0.141.